The van der Waals surface area contributed by atoms with Gasteiger partial charge in [0.1, 0.15) is 0 Å². The molecule has 0 saturated carbocycles. The summed E-state index contributed by atoms with van der Waals surface area (Å²) in [7, 11) is 0. The van der Waals surface area contributed by atoms with Gasteiger partial charge in [-0.3, -0.25) is 4.79 Å². The first-order chi connectivity index (χ1) is 14.2. The summed E-state index contributed by atoms with van der Waals surface area (Å²) in [6.07, 6.45) is 1.78. The van der Waals surface area contributed by atoms with Crippen molar-refractivity contribution in [2.24, 2.45) is 5.92 Å². The van der Waals surface area contributed by atoms with Gasteiger partial charge in [-0.05, 0) is 50.5 Å². The quantitative estimate of drug-likeness (QED) is 0.707. The molecule has 1 atom stereocenters. The van der Waals surface area contributed by atoms with Gasteiger partial charge >= 0.3 is 0 Å². The summed E-state index contributed by atoms with van der Waals surface area (Å²) < 4.78 is 5.79. The third-order valence-electron chi connectivity index (χ3n) is 5.30. The Morgan fingerprint density at radius 2 is 1.86 bits per heavy atom. The van der Waals surface area contributed by atoms with Gasteiger partial charge in [0, 0.05) is 18.8 Å². The maximum absolute atomic E-state index is 12.9. The number of para-hydroxylation sites is 3. The van der Waals surface area contributed by atoms with E-state index in [0.29, 0.717) is 19.0 Å². The van der Waals surface area contributed by atoms with Crippen LogP contribution in [-0.4, -0.2) is 35.6 Å². The summed E-state index contributed by atoms with van der Waals surface area (Å²) in [5.74, 6) is 1.20. The smallest absolute Gasteiger partial charge is 0.258 e. The Morgan fingerprint density at radius 3 is 2.62 bits per heavy atom. The summed E-state index contributed by atoms with van der Waals surface area (Å²) in [6.45, 7) is 5.90. The van der Waals surface area contributed by atoms with Crippen molar-refractivity contribution in [2.75, 3.05) is 29.9 Å². The average Bonchev–Trinajstić information content (AvgIpc) is 2.75. The van der Waals surface area contributed by atoms with Gasteiger partial charge in [0.15, 0.2) is 5.82 Å². The monoisotopic (exact) mass is 390 g/mol. The molecule has 1 saturated heterocycles. The van der Waals surface area contributed by atoms with E-state index >= 15 is 0 Å². The second-order valence-corrected chi connectivity index (χ2v) is 7.36. The average molecular weight is 390 g/mol. The number of amides is 1. The fourth-order valence-corrected chi connectivity index (χ4v) is 3.75. The topological polar surface area (TPSA) is 67.4 Å². The number of carbonyl (C=O) groups excluding carboxylic acids is 1. The second kappa shape index (κ2) is 8.47. The number of anilines is 2. The summed E-state index contributed by atoms with van der Waals surface area (Å²) in [5.41, 5.74) is 3.57. The van der Waals surface area contributed by atoms with Crippen molar-refractivity contribution in [3.8, 4) is 5.88 Å². The number of nitrogens with zero attached hydrogens (tertiary/aromatic N) is 3. The lowest BCUT2D eigenvalue weighted by Gasteiger charge is -2.33. The molecule has 0 radical (unpaired) electrons. The van der Waals surface area contributed by atoms with Gasteiger partial charge in [0.2, 0.25) is 5.91 Å². The molecule has 1 N–H and O–H groups in total. The molecule has 2 heterocycles. The molecule has 4 rings (SSSR count). The van der Waals surface area contributed by atoms with Crippen LogP contribution in [0.1, 0.15) is 25.3 Å². The maximum Gasteiger partial charge on any atom is 0.258 e. The molecule has 0 aliphatic carbocycles. The van der Waals surface area contributed by atoms with Crippen LogP contribution >= 0.6 is 0 Å². The van der Waals surface area contributed by atoms with Crippen molar-refractivity contribution in [3.63, 3.8) is 0 Å². The predicted octanol–water partition coefficient (Wildman–Crippen LogP) is 4.19. The fourth-order valence-electron chi connectivity index (χ4n) is 3.75. The van der Waals surface area contributed by atoms with Gasteiger partial charge in [-0.15, -0.1) is 0 Å². The molecule has 1 amide bonds. The molecule has 6 heteroatoms. The highest BCUT2D eigenvalue weighted by Crippen LogP contribution is 2.31. The van der Waals surface area contributed by atoms with Crippen LogP contribution in [0.3, 0.4) is 0 Å². The zero-order valence-electron chi connectivity index (χ0n) is 16.9. The molecule has 2 aromatic carbocycles. The number of nitrogens with one attached hydrogen (secondary N) is 1. The Balaban J connectivity index is 1.57. The second-order valence-electron chi connectivity index (χ2n) is 7.36. The molecule has 3 aromatic rings. The highest BCUT2D eigenvalue weighted by molar-refractivity contribution is 5.93. The third kappa shape index (κ3) is 4.16. The highest BCUT2D eigenvalue weighted by atomic mass is 16.5. The number of hydrogen-bond acceptors (Lipinski definition) is 5. The third-order valence-corrected chi connectivity index (χ3v) is 5.30. The summed E-state index contributed by atoms with van der Waals surface area (Å²) in [6, 6.07) is 15.6. The SMILES string of the molecule is CCOc1nc2ccccc2nc1N1CCC[C@H](C(=O)Nc2ccccc2C)C1. The van der Waals surface area contributed by atoms with Crippen molar-refractivity contribution < 1.29 is 9.53 Å². The first kappa shape index (κ1) is 19.2. The lowest BCUT2D eigenvalue weighted by molar-refractivity contribution is -0.120. The van der Waals surface area contributed by atoms with Crippen LogP contribution in [0.2, 0.25) is 0 Å². The number of rotatable bonds is 5. The van der Waals surface area contributed by atoms with Crippen LogP contribution < -0.4 is 15.0 Å². The molecule has 150 valence electrons. The Morgan fingerprint density at radius 1 is 1.14 bits per heavy atom. The lowest BCUT2D eigenvalue weighted by Crippen LogP contribution is -2.41. The summed E-state index contributed by atoms with van der Waals surface area (Å²) in [5, 5.41) is 3.09. The number of benzene rings is 2. The van der Waals surface area contributed by atoms with Crippen LogP contribution in [0.4, 0.5) is 11.5 Å². The van der Waals surface area contributed by atoms with E-state index in [9.17, 15) is 4.79 Å². The maximum atomic E-state index is 12.9. The van der Waals surface area contributed by atoms with E-state index in [1.54, 1.807) is 0 Å². The van der Waals surface area contributed by atoms with Crippen molar-refractivity contribution in [2.45, 2.75) is 26.7 Å². The van der Waals surface area contributed by atoms with Crippen LogP contribution in [-0.2, 0) is 4.79 Å². The normalized spacial score (nSPS) is 16.6. The zero-order valence-corrected chi connectivity index (χ0v) is 16.9. The van der Waals surface area contributed by atoms with Crippen LogP contribution in [0.25, 0.3) is 11.0 Å². The van der Waals surface area contributed by atoms with Crippen molar-refractivity contribution in [1.29, 1.82) is 0 Å². The minimum Gasteiger partial charge on any atom is -0.475 e. The molecular formula is C23H26N4O2. The summed E-state index contributed by atoms with van der Waals surface area (Å²) >= 11 is 0. The number of carbonyl (C=O) groups is 1. The van der Waals surface area contributed by atoms with E-state index in [2.05, 4.69) is 15.2 Å². The molecule has 1 aliphatic heterocycles. The molecule has 29 heavy (non-hydrogen) atoms. The first-order valence-corrected chi connectivity index (χ1v) is 10.2. The van der Waals surface area contributed by atoms with E-state index < -0.39 is 0 Å². The number of fused-ring (bicyclic) bond motifs is 1. The molecule has 1 aliphatic rings. The van der Waals surface area contributed by atoms with Gasteiger partial charge < -0.3 is 15.0 Å². The molecule has 6 nitrogen and oxygen atoms in total. The number of hydrogen-bond donors (Lipinski definition) is 1. The van der Waals surface area contributed by atoms with E-state index in [1.807, 2.05) is 62.4 Å². The van der Waals surface area contributed by atoms with Crippen LogP contribution in [0.5, 0.6) is 5.88 Å². The zero-order chi connectivity index (χ0) is 20.2. The number of piperidine rings is 1. The molecule has 0 spiro atoms. The molecule has 0 bridgehead atoms. The van der Waals surface area contributed by atoms with Gasteiger partial charge in [-0.2, -0.15) is 0 Å². The van der Waals surface area contributed by atoms with Gasteiger partial charge in [-0.25, -0.2) is 9.97 Å². The van der Waals surface area contributed by atoms with E-state index in [0.717, 1.165) is 47.5 Å². The first-order valence-electron chi connectivity index (χ1n) is 10.2. The Bertz CT molecular complexity index is 1020. The minimum atomic E-state index is -0.105. The van der Waals surface area contributed by atoms with E-state index in [1.165, 1.54) is 0 Å². The number of ether oxygens (including phenoxy) is 1. The van der Waals surface area contributed by atoms with E-state index in [4.69, 9.17) is 9.72 Å². The largest absolute Gasteiger partial charge is 0.475 e. The number of aryl methyl sites for hydroxylation is 1. The van der Waals surface area contributed by atoms with Gasteiger partial charge in [-0.1, -0.05) is 30.3 Å². The minimum absolute atomic E-state index is 0.0516. The standard InChI is InChI=1S/C23H26N4O2/c1-3-29-23-21(24-19-12-6-7-13-20(19)26-23)27-14-8-10-17(15-27)22(28)25-18-11-5-4-9-16(18)2/h4-7,9,11-13,17H,3,8,10,14-15H2,1-2H3,(H,25,28)/t17-/m0/s1. The van der Waals surface area contributed by atoms with Crippen molar-refractivity contribution in [3.05, 3.63) is 54.1 Å². The molecule has 1 fully saturated rings. The predicted molar refractivity (Wildman–Crippen MR) is 115 cm³/mol. The fraction of sp³-hybridized carbons (Fsp3) is 0.348. The highest BCUT2D eigenvalue weighted by Gasteiger charge is 2.29. The summed E-state index contributed by atoms with van der Waals surface area (Å²) in [4.78, 5) is 24.5. The Kier molecular flexibility index (Phi) is 5.60. The molecular weight excluding hydrogens is 364 g/mol. The molecule has 0 unspecified atom stereocenters. The van der Waals surface area contributed by atoms with Crippen LogP contribution in [0.15, 0.2) is 48.5 Å². The van der Waals surface area contributed by atoms with Crippen molar-refractivity contribution in [1.82, 2.24) is 9.97 Å². The molecule has 1 aromatic heterocycles. The Hall–Kier alpha value is -3.15. The lowest BCUT2D eigenvalue weighted by atomic mass is 9.97. The van der Waals surface area contributed by atoms with Gasteiger partial charge in [0.25, 0.3) is 5.88 Å². The van der Waals surface area contributed by atoms with Gasteiger partial charge in [0.05, 0.1) is 23.6 Å². The van der Waals surface area contributed by atoms with Crippen molar-refractivity contribution >= 4 is 28.4 Å². The Labute approximate surface area is 170 Å². The van der Waals surface area contributed by atoms with Crippen LogP contribution in [0, 0.1) is 12.8 Å². The number of aromatic nitrogens is 2. The van der Waals surface area contributed by atoms with E-state index in [-0.39, 0.29) is 11.8 Å².